The van der Waals surface area contributed by atoms with Crippen LogP contribution in [0.3, 0.4) is 0 Å². The molecule has 15 heavy (non-hydrogen) atoms. The highest BCUT2D eigenvalue weighted by molar-refractivity contribution is 4.78. The van der Waals surface area contributed by atoms with Crippen molar-refractivity contribution in [3.8, 4) is 0 Å². The molecule has 4 heteroatoms. The van der Waals surface area contributed by atoms with Crippen molar-refractivity contribution in [1.82, 2.24) is 20.1 Å². The van der Waals surface area contributed by atoms with Gasteiger partial charge in [0.15, 0.2) is 0 Å². The highest BCUT2D eigenvalue weighted by Gasteiger charge is 2.16. The average Bonchev–Trinajstić information content (AvgIpc) is 2.66. The van der Waals surface area contributed by atoms with Crippen molar-refractivity contribution in [2.75, 3.05) is 0 Å². The van der Waals surface area contributed by atoms with E-state index in [1.54, 1.807) is 12.7 Å². The fourth-order valence-electron chi connectivity index (χ4n) is 1.52. The lowest BCUT2D eigenvalue weighted by molar-refractivity contribution is 0.315. The van der Waals surface area contributed by atoms with Crippen molar-refractivity contribution in [1.29, 1.82) is 0 Å². The molecule has 0 aromatic carbocycles. The van der Waals surface area contributed by atoms with Crippen LogP contribution in [0.5, 0.6) is 0 Å². The van der Waals surface area contributed by atoms with E-state index in [1.807, 2.05) is 4.68 Å². The molecule has 1 aromatic rings. The van der Waals surface area contributed by atoms with E-state index in [9.17, 15) is 0 Å². The summed E-state index contributed by atoms with van der Waals surface area (Å²) >= 11 is 0. The zero-order valence-corrected chi connectivity index (χ0v) is 10.2. The number of aromatic nitrogens is 3. The maximum atomic E-state index is 4.08. The van der Waals surface area contributed by atoms with Crippen LogP contribution in [-0.2, 0) is 6.54 Å². The van der Waals surface area contributed by atoms with Gasteiger partial charge in [-0.25, -0.2) is 4.98 Å². The predicted octanol–water partition coefficient (Wildman–Crippen LogP) is 1.83. The zero-order valence-electron chi connectivity index (χ0n) is 10.2. The van der Waals surface area contributed by atoms with Gasteiger partial charge in [-0.3, -0.25) is 4.68 Å². The van der Waals surface area contributed by atoms with Crippen LogP contribution in [0.25, 0.3) is 0 Å². The molecule has 4 nitrogen and oxygen atoms in total. The summed E-state index contributed by atoms with van der Waals surface area (Å²) in [7, 11) is 0. The lowest BCUT2D eigenvalue weighted by Crippen LogP contribution is -2.44. The van der Waals surface area contributed by atoms with Crippen LogP contribution in [0.2, 0.25) is 0 Å². The van der Waals surface area contributed by atoms with Gasteiger partial charge >= 0.3 is 0 Å². The third-order valence-electron chi connectivity index (χ3n) is 2.78. The fourth-order valence-corrected chi connectivity index (χ4v) is 1.52. The van der Waals surface area contributed by atoms with Gasteiger partial charge in [-0.2, -0.15) is 5.10 Å². The number of aryl methyl sites for hydroxylation is 1. The monoisotopic (exact) mass is 210 g/mol. The van der Waals surface area contributed by atoms with Crippen molar-refractivity contribution in [3.63, 3.8) is 0 Å². The van der Waals surface area contributed by atoms with Crippen LogP contribution in [0.15, 0.2) is 12.7 Å². The molecule has 0 fully saturated rings. The molecule has 1 heterocycles. The smallest absolute Gasteiger partial charge is 0.137 e. The molecule has 1 atom stereocenters. The first kappa shape index (κ1) is 12.2. The Kier molecular flexibility index (Phi) is 4.27. The van der Waals surface area contributed by atoms with Crippen LogP contribution in [0.1, 0.15) is 40.5 Å². The number of nitrogens with one attached hydrogen (secondary N) is 1. The second-order valence-corrected chi connectivity index (χ2v) is 4.73. The van der Waals surface area contributed by atoms with Gasteiger partial charge in [-0.15, -0.1) is 0 Å². The number of hydrogen-bond donors (Lipinski definition) is 1. The average molecular weight is 210 g/mol. The molecule has 1 rings (SSSR count). The largest absolute Gasteiger partial charge is 0.309 e. The molecule has 1 unspecified atom stereocenters. The van der Waals surface area contributed by atoms with Crippen LogP contribution in [0.4, 0.5) is 0 Å². The van der Waals surface area contributed by atoms with Crippen LogP contribution in [0, 0.1) is 0 Å². The minimum atomic E-state index is 0.224. The van der Waals surface area contributed by atoms with Crippen molar-refractivity contribution >= 4 is 0 Å². The normalized spacial score (nSPS) is 14.1. The molecule has 1 N–H and O–H groups in total. The van der Waals surface area contributed by atoms with Gasteiger partial charge in [0.1, 0.15) is 12.7 Å². The summed E-state index contributed by atoms with van der Waals surface area (Å²) in [6, 6.07) is 0.504. The van der Waals surface area contributed by atoms with Crippen LogP contribution in [-0.4, -0.2) is 26.3 Å². The van der Waals surface area contributed by atoms with E-state index in [4.69, 9.17) is 0 Å². The summed E-state index contributed by atoms with van der Waals surface area (Å²) in [5.74, 6) is 0. The van der Waals surface area contributed by atoms with E-state index in [0.717, 1.165) is 19.4 Å². The summed E-state index contributed by atoms with van der Waals surface area (Å²) in [5, 5.41) is 7.69. The Bertz CT molecular complexity index is 266. The Morgan fingerprint density at radius 3 is 2.73 bits per heavy atom. The molecule has 86 valence electrons. The number of nitrogens with zero attached hydrogens (tertiary/aromatic N) is 3. The van der Waals surface area contributed by atoms with Gasteiger partial charge < -0.3 is 5.32 Å². The Labute approximate surface area is 92.1 Å². The summed E-state index contributed by atoms with van der Waals surface area (Å²) in [6.45, 7) is 9.82. The highest BCUT2D eigenvalue weighted by atomic mass is 15.3. The lowest BCUT2D eigenvalue weighted by atomic mass is 10.00. The van der Waals surface area contributed by atoms with Crippen molar-refractivity contribution in [2.45, 2.75) is 58.7 Å². The second kappa shape index (κ2) is 5.26. The summed E-state index contributed by atoms with van der Waals surface area (Å²) < 4.78 is 1.87. The van der Waals surface area contributed by atoms with Gasteiger partial charge in [0, 0.05) is 18.1 Å². The van der Waals surface area contributed by atoms with Gasteiger partial charge in [0.05, 0.1) is 0 Å². The maximum Gasteiger partial charge on any atom is 0.137 e. The van der Waals surface area contributed by atoms with Gasteiger partial charge in [0.25, 0.3) is 0 Å². The van der Waals surface area contributed by atoms with Crippen molar-refractivity contribution in [3.05, 3.63) is 12.7 Å². The maximum absolute atomic E-state index is 4.08. The van der Waals surface area contributed by atoms with Gasteiger partial charge in [0.2, 0.25) is 0 Å². The van der Waals surface area contributed by atoms with Crippen LogP contribution >= 0.6 is 0 Å². The Morgan fingerprint density at radius 1 is 1.47 bits per heavy atom. The molecular weight excluding hydrogens is 188 g/mol. The van der Waals surface area contributed by atoms with Crippen molar-refractivity contribution < 1.29 is 0 Å². The SMILES string of the molecule is CCC(C)(C)NC(C)CCn1cncn1. The molecule has 0 saturated heterocycles. The summed E-state index contributed by atoms with van der Waals surface area (Å²) in [6.07, 6.45) is 5.55. The topological polar surface area (TPSA) is 42.7 Å². The molecule has 0 aliphatic heterocycles. The molecular formula is C11H22N4. The van der Waals surface area contributed by atoms with E-state index in [-0.39, 0.29) is 5.54 Å². The highest BCUT2D eigenvalue weighted by Crippen LogP contribution is 2.09. The standard InChI is InChI=1S/C11H22N4/c1-5-11(3,4)14-10(2)6-7-15-9-12-8-13-15/h8-10,14H,5-7H2,1-4H3. The Balaban J connectivity index is 2.27. The third kappa shape index (κ3) is 4.42. The first-order valence-electron chi connectivity index (χ1n) is 5.63. The van der Waals surface area contributed by atoms with E-state index >= 15 is 0 Å². The fraction of sp³-hybridized carbons (Fsp3) is 0.818. The molecule has 0 bridgehead atoms. The first-order chi connectivity index (χ1) is 7.03. The van der Waals surface area contributed by atoms with E-state index in [0.29, 0.717) is 6.04 Å². The lowest BCUT2D eigenvalue weighted by Gasteiger charge is -2.29. The van der Waals surface area contributed by atoms with E-state index < -0.39 is 0 Å². The van der Waals surface area contributed by atoms with Crippen LogP contribution < -0.4 is 5.32 Å². The zero-order chi connectivity index (χ0) is 11.3. The third-order valence-corrected chi connectivity index (χ3v) is 2.78. The quantitative estimate of drug-likeness (QED) is 0.779. The molecule has 0 amide bonds. The predicted molar refractivity (Wildman–Crippen MR) is 61.6 cm³/mol. The van der Waals surface area contributed by atoms with E-state index in [1.165, 1.54) is 0 Å². The second-order valence-electron chi connectivity index (χ2n) is 4.73. The number of rotatable bonds is 6. The minimum absolute atomic E-state index is 0.224. The summed E-state index contributed by atoms with van der Waals surface area (Å²) in [4.78, 5) is 3.92. The molecule has 0 aliphatic carbocycles. The minimum Gasteiger partial charge on any atom is -0.309 e. The first-order valence-corrected chi connectivity index (χ1v) is 5.63. The van der Waals surface area contributed by atoms with Crippen molar-refractivity contribution in [2.24, 2.45) is 0 Å². The van der Waals surface area contributed by atoms with Gasteiger partial charge in [-0.05, 0) is 33.6 Å². The molecule has 0 radical (unpaired) electrons. The van der Waals surface area contributed by atoms with Gasteiger partial charge in [-0.1, -0.05) is 6.92 Å². The molecule has 1 aromatic heterocycles. The Hall–Kier alpha value is -0.900. The number of hydrogen-bond acceptors (Lipinski definition) is 3. The molecule has 0 spiro atoms. The Morgan fingerprint density at radius 2 is 2.20 bits per heavy atom. The summed E-state index contributed by atoms with van der Waals surface area (Å²) in [5.41, 5.74) is 0.224. The molecule has 0 saturated carbocycles. The molecule has 0 aliphatic rings. The van der Waals surface area contributed by atoms with E-state index in [2.05, 4.69) is 43.1 Å².